The van der Waals surface area contributed by atoms with Gasteiger partial charge in [0.1, 0.15) is 9.75 Å². The molecule has 0 unspecified atom stereocenters. The molecule has 0 aliphatic carbocycles. The van der Waals surface area contributed by atoms with E-state index in [9.17, 15) is 0 Å². The monoisotopic (exact) mass is 572 g/mol. The smallest absolute Gasteiger partial charge is 0.137 e. The Bertz CT molecular complexity index is 1790. The number of hydrogen-bond acceptors (Lipinski definition) is 4. The van der Waals surface area contributed by atoms with Crippen LogP contribution in [0.2, 0.25) is 0 Å². The lowest BCUT2D eigenvalue weighted by molar-refractivity contribution is 1.39. The quantitative estimate of drug-likeness (QED) is 0.184. The molecule has 3 aromatic carbocycles. The van der Waals surface area contributed by atoms with Gasteiger partial charge in [0.2, 0.25) is 0 Å². The van der Waals surface area contributed by atoms with Crippen LogP contribution in [0, 0.1) is 13.8 Å². The van der Waals surface area contributed by atoms with Crippen LogP contribution in [0.15, 0.2) is 83.6 Å². The summed E-state index contributed by atoms with van der Waals surface area (Å²) in [4.78, 5) is 2.78. The van der Waals surface area contributed by atoms with Gasteiger partial charge in [-0.1, -0.05) is 53.6 Å². The van der Waals surface area contributed by atoms with E-state index in [1.54, 1.807) is 0 Å². The molecule has 6 heteroatoms. The molecular weight excluding hydrogens is 553 g/mol. The van der Waals surface area contributed by atoms with E-state index in [0.29, 0.717) is 0 Å². The highest BCUT2D eigenvalue weighted by Gasteiger charge is 2.30. The van der Waals surface area contributed by atoms with Gasteiger partial charge in [-0.05, 0) is 55.1 Å². The number of rotatable bonds is 4. The zero-order chi connectivity index (χ0) is 24.2. The van der Waals surface area contributed by atoms with Gasteiger partial charge in [-0.15, -0.1) is 22.7 Å². The average molecular weight is 573 g/mol. The van der Waals surface area contributed by atoms with E-state index in [1.165, 1.54) is 70.3 Å². The van der Waals surface area contributed by atoms with Crippen LogP contribution in [0.25, 0.3) is 59.2 Å². The van der Waals surface area contributed by atoms with Crippen molar-refractivity contribution in [1.29, 1.82) is 0 Å². The molecule has 0 aliphatic heterocycles. The van der Waals surface area contributed by atoms with Crippen molar-refractivity contribution in [2.45, 2.75) is 13.8 Å². The molecule has 0 radical (unpaired) electrons. The normalized spacial score (nSPS) is 11.6. The molecule has 0 spiro atoms. The van der Waals surface area contributed by atoms with Crippen molar-refractivity contribution in [1.82, 2.24) is 0 Å². The lowest BCUT2D eigenvalue weighted by Crippen LogP contribution is -1.85. The predicted octanol–water partition coefficient (Wildman–Crippen LogP) is 12.2. The van der Waals surface area contributed by atoms with Gasteiger partial charge in [-0.25, -0.2) is 0 Å². The Morgan fingerprint density at radius 3 is 1.86 bits per heavy atom. The molecule has 0 amide bonds. The minimum atomic E-state index is 1.31. The number of aryl methyl sites for hydroxylation is 2. The zero-order valence-electron chi connectivity index (χ0n) is 19.5. The van der Waals surface area contributed by atoms with Crippen molar-refractivity contribution in [2.24, 2.45) is 0 Å². The summed E-state index contributed by atoms with van der Waals surface area (Å²) in [6, 6.07) is 26.8. The van der Waals surface area contributed by atoms with Gasteiger partial charge >= 0.3 is 0 Å². The highest BCUT2D eigenvalue weighted by Crippen LogP contribution is 2.54. The molecule has 0 fully saturated rings. The molecule has 36 heavy (non-hydrogen) atoms. The minimum Gasteiger partial charge on any atom is -0.137 e. The van der Waals surface area contributed by atoms with Gasteiger partial charge in [-0.3, -0.25) is 0 Å². The summed E-state index contributed by atoms with van der Waals surface area (Å²) in [5.41, 5.74) is 8.02. The summed E-state index contributed by atoms with van der Waals surface area (Å²) >= 11 is 11.4. The van der Waals surface area contributed by atoms with Crippen LogP contribution in [-0.2, 0) is 0 Å². The lowest BCUT2D eigenvalue weighted by atomic mass is 9.95. The van der Waals surface area contributed by atoms with Crippen LogP contribution < -0.4 is 0 Å². The Morgan fingerprint density at radius 1 is 0.611 bits per heavy atom. The maximum absolute atomic E-state index is 2.38. The third kappa shape index (κ3) is 3.97. The van der Waals surface area contributed by atoms with E-state index >= 15 is 0 Å². The molecule has 0 saturated heterocycles. The summed E-state index contributed by atoms with van der Waals surface area (Å²) in [5.74, 6) is 0. The fraction of sp³-hybridized carbons (Fsp3) is 0.0667. The highest BCUT2D eigenvalue weighted by molar-refractivity contribution is 7.45. The van der Waals surface area contributed by atoms with E-state index in [2.05, 4.69) is 97.4 Å². The Kier molecular flexibility index (Phi) is 5.84. The third-order valence-electron chi connectivity index (χ3n) is 6.14. The average Bonchev–Trinajstić information content (AvgIpc) is 3.66. The molecule has 7 rings (SSSR count). The van der Waals surface area contributed by atoms with Crippen molar-refractivity contribution in [3.8, 4) is 40.4 Å². The van der Waals surface area contributed by atoms with E-state index in [-0.39, 0.29) is 0 Å². The molecule has 0 nitrogen and oxygen atoms in total. The van der Waals surface area contributed by atoms with Crippen molar-refractivity contribution in [2.75, 3.05) is 0 Å². The maximum atomic E-state index is 2.38. The topological polar surface area (TPSA) is 0 Å². The Balaban J connectivity index is 1.49. The largest absolute Gasteiger partial charge is 0.296 e. The minimum absolute atomic E-state index is 1.31. The molecule has 0 aliphatic rings. The van der Waals surface area contributed by atoms with Crippen molar-refractivity contribution >= 4 is 86.8 Å². The van der Waals surface area contributed by atoms with Gasteiger partial charge in [0.15, 0.2) is 18.8 Å². The van der Waals surface area contributed by atoms with E-state index < -0.39 is 0 Å². The maximum Gasteiger partial charge on any atom is 0.296 e. The standard InChI is InChI=1S/C30H20S6/c1-17-13-18(2)15-19(14-17)21-16-32-28(30-35-24-9-5-6-10-25(24)36-30)26(21)20-11-12-31-27(20)29-33-22-7-3-4-8-23(22)34-29/h3-16H,1-2H3/q+2. The molecule has 0 saturated carbocycles. The van der Waals surface area contributed by atoms with Gasteiger partial charge < -0.3 is 0 Å². The van der Waals surface area contributed by atoms with Crippen LogP contribution >= 0.6 is 68.0 Å². The summed E-state index contributed by atoms with van der Waals surface area (Å²) in [6.07, 6.45) is 0. The van der Waals surface area contributed by atoms with Crippen molar-refractivity contribution in [3.05, 3.63) is 94.7 Å². The van der Waals surface area contributed by atoms with Crippen molar-refractivity contribution < 1.29 is 0 Å². The molecule has 174 valence electrons. The van der Waals surface area contributed by atoms with Gasteiger partial charge in [0.25, 0.3) is 8.38 Å². The molecule has 4 heterocycles. The number of thiophene rings is 2. The third-order valence-corrected chi connectivity index (χ3v) is 13.7. The zero-order valence-corrected chi connectivity index (χ0v) is 24.4. The van der Waals surface area contributed by atoms with E-state index in [1.807, 2.05) is 68.0 Å². The predicted molar refractivity (Wildman–Crippen MR) is 169 cm³/mol. The van der Waals surface area contributed by atoms with Crippen LogP contribution in [0.4, 0.5) is 0 Å². The SMILES string of the molecule is Cc1cc(C)cc(-c2csc(-c3sc4ccccc4[s+]3)c2-c2ccsc2-c2sc3ccccc3[s+]2)c1. The molecule has 0 N–H and O–H groups in total. The second-order valence-electron chi connectivity index (χ2n) is 8.77. The number of benzene rings is 3. The first kappa shape index (κ1) is 22.8. The van der Waals surface area contributed by atoms with Crippen molar-refractivity contribution in [3.63, 3.8) is 0 Å². The second-order valence-corrected chi connectivity index (χ2v) is 15.3. The fourth-order valence-corrected chi connectivity index (χ4v) is 12.1. The van der Waals surface area contributed by atoms with Crippen LogP contribution in [0.1, 0.15) is 11.1 Å². The fourth-order valence-electron chi connectivity index (χ4n) is 4.65. The lowest BCUT2D eigenvalue weighted by Gasteiger charge is -2.08. The summed E-state index contributed by atoms with van der Waals surface area (Å²) in [6.45, 7) is 4.40. The first-order valence-electron chi connectivity index (χ1n) is 11.6. The summed E-state index contributed by atoms with van der Waals surface area (Å²) in [7, 11) is 0. The highest BCUT2D eigenvalue weighted by atomic mass is 32.2. The second kappa shape index (κ2) is 9.21. The Labute approximate surface area is 234 Å². The van der Waals surface area contributed by atoms with Gasteiger partial charge in [-0.2, -0.15) is 0 Å². The van der Waals surface area contributed by atoms with Crippen LogP contribution in [0.3, 0.4) is 0 Å². The Morgan fingerprint density at radius 2 is 1.22 bits per heavy atom. The first-order chi connectivity index (χ1) is 17.6. The van der Waals surface area contributed by atoms with Crippen LogP contribution in [-0.4, -0.2) is 0 Å². The number of hydrogen-bond donors (Lipinski definition) is 0. The molecular formula is C30H20S6+2. The van der Waals surface area contributed by atoms with E-state index in [0.717, 1.165) is 0 Å². The molecule has 0 atom stereocenters. The Hall–Kier alpha value is -2.32. The van der Waals surface area contributed by atoms with E-state index in [4.69, 9.17) is 0 Å². The van der Waals surface area contributed by atoms with Crippen LogP contribution in [0.5, 0.6) is 0 Å². The molecule has 4 aromatic heterocycles. The first-order valence-corrected chi connectivity index (χ1v) is 16.6. The molecule has 7 aromatic rings. The summed E-state index contributed by atoms with van der Waals surface area (Å²) < 4.78 is 8.24. The summed E-state index contributed by atoms with van der Waals surface area (Å²) in [5, 5.41) is 4.65. The molecule has 0 bridgehead atoms. The van der Waals surface area contributed by atoms with Gasteiger partial charge in [0, 0.05) is 22.1 Å². The van der Waals surface area contributed by atoms with Gasteiger partial charge in [0.05, 0.1) is 45.3 Å². The number of fused-ring (bicyclic) bond motifs is 2.